The molecule has 1 aromatic rings. The molecule has 0 spiro atoms. The summed E-state index contributed by atoms with van der Waals surface area (Å²) in [5, 5.41) is 12.0. The normalized spacial score (nSPS) is 12.1. The van der Waals surface area contributed by atoms with Crippen LogP contribution in [0, 0.1) is 0 Å². The number of aromatic nitrogens is 1. The summed E-state index contributed by atoms with van der Waals surface area (Å²) in [5.74, 6) is 0.0275. The Morgan fingerprint density at radius 2 is 2.38 bits per heavy atom. The molecule has 0 aromatic carbocycles. The highest BCUT2D eigenvalue weighted by Gasteiger charge is 2.07. The fourth-order valence-corrected chi connectivity index (χ4v) is 2.03. The Labute approximate surface area is 99.5 Å². The predicted octanol–water partition coefficient (Wildman–Crippen LogP) is 2.33. The summed E-state index contributed by atoms with van der Waals surface area (Å²) in [5.41, 5.74) is 0.939. The van der Waals surface area contributed by atoms with Gasteiger partial charge in [-0.3, -0.25) is 0 Å². The molecule has 0 aliphatic carbocycles. The minimum atomic E-state index is -0.997. The van der Waals surface area contributed by atoms with Crippen LogP contribution in [-0.2, 0) is 0 Å². The number of pyridine rings is 1. The second kappa shape index (κ2) is 6.37. The van der Waals surface area contributed by atoms with Gasteiger partial charge in [-0.25, -0.2) is 9.78 Å². The van der Waals surface area contributed by atoms with Crippen molar-refractivity contribution in [2.24, 2.45) is 0 Å². The van der Waals surface area contributed by atoms with E-state index in [4.69, 9.17) is 5.11 Å². The molecule has 0 amide bonds. The van der Waals surface area contributed by atoms with Crippen LogP contribution in [0.2, 0.25) is 0 Å². The van der Waals surface area contributed by atoms with Crippen molar-refractivity contribution >= 4 is 23.4 Å². The fraction of sp³-hybridized carbons (Fsp3) is 0.455. The van der Waals surface area contributed by atoms with Crippen LogP contribution in [0.15, 0.2) is 18.3 Å². The monoisotopic (exact) mass is 240 g/mol. The molecule has 0 saturated heterocycles. The van der Waals surface area contributed by atoms with Gasteiger partial charge >= 0.3 is 5.97 Å². The quantitative estimate of drug-likeness (QED) is 0.799. The molecule has 4 nitrogen and oxygen atoms in total. The Hall–Kier alpha value is -1.23. The smallest absolute Gasteiger partial charge is 0.354 e. The number of rotatable bonds is 6. The molecule has 1 rings (SSSR count). The van der Waals surface area contributed by atoms with Gasteiger partial charge in [-0.2, -0.15) is 11.8 Å². The number of hydrogen-bond acceptors (Lipinski definition) is 4. The van der Waals surface area contributed by atoms with Crippen LogP contribution < -0.4 is 5.32 Å². The highest BCUT2D eigenvalue weighted by Crippen LogP contribution is 2.11. The van der Waals surface area contributed by atoms with E-state index in [0.29, 0.717) is 6.04 Å². The maximum Gasteiger partial charge on any atom is 0.354 e. The van der Waals surface area contributed by atoms with E-state index in [2.05, 4.69) is 23.5 Å². The van der Waals surface area contributed by atoms with Crippen molar-refractivity contribution in [1.82, 2.24) is 4.98 Å². The lowest BCUT2D eigenvalue weighted by molar-refractivity contribution is 0.0690. The van der Waals surface area contributed by atoms with E-state index in [1.54, 1.807) is 24.0 Å². The van der Waals surface area contributed by atoms with Gasteiger partial charge < -0.3 is 10.4 Å². The molecular formula is C11H16N2O2S. The van der Waals surface area contributed by atoms with E-state index in [1.807, 2.05) is 0 Å². The zero-order valence-electron chi connectivity index (χ0n) is 9.43. The lowest BCUT2D eigenvalue weighted by Gasteiger charge is -2.16. The molecule has 0 saturated carbocycles. The highest BCUT2D eigenvalue weighted by atomic mass is 32.2. The first-order valence-corrected chi connectivity index (χ1v) is 6.51. The summed E-state index contributed by atoms with van der Waals surface area (Å²) in [6, 6.07) is 3.66. The molecule has 2 N–H and O–H groups in total. The van der Waals surface area contributed by atoms with Crippen LogP contribution in [-0.4, -0.2) is 34.1 Å². The van der Waals surface area contributed by atoms with E-state index in [9.17, 15) is 4.79 Å². The zero-order valence-corrected chi connectivity index (χ0v) is 10.3. The molecule has 16 heavy (non-hydrogen) atoms. The molecule has 0 fully saturated rings. The van der Waals surface area contributed by atoms with Crippen molar-refractivity contribution in [1.29, 1.82) is 0 Å². The standard InChI is InChI=1S/C11H16N2O2S/c1-3-8(7-16-2)13-9-4-5-10(11(14)15)12-6-9/h4-6,8,13H,3,7H2,1-2H3,(H,14,15). The Bertz CT molecular complexity index is 340. The number of nitrogens with one attached hydrogen (secondary N) is 1. The van der Waals surface area contributed by atoms with Gasteiger partial charge in [-0.1, -0.05) is 6.92 Å². The molecule has 0 aliphatic rings. The second-order valence-electron chi connectivity index (χ2n) is 3.44. The van der Waals surface area contributed by atoms with E-state index in [-0.39, 0.29) is 5.69 Å². The van der Waals surface area contributed by atoms with E-state index >= 15 is 0 Å². The van der Waals surface area contributed by atoms with Crippen LogP contribution in [0.4, 0.5) is 5.69 Å². The number of hydrogen-bond donors (Lipinski definition) is 2. The van der Waals surface area contributed by atoms with Gasteiger partial charge in [0.15, 0.2) is 0 Å². The zero-order chi connectivity index (χ0) is 12.0. The number of carboxylic acids is 1. The van der Waals surface area contributed by atoms with Crippen molar-refractivity contribution in [2.45, 2.75) is 19.4 Å². The third kappa shape index (κ3) is 3.73. The fourth-order valence-electron chi connectivity index (χ4n) is 1.30. The third-order valence-electron chi connectivity index (χ3n) is 2.21. The minimum absolute atomic E-state index is 0.0727. The summed E-state index contributed by atoms with van der Waals surface area (Å²) in [7, 11) is 0. The summed E-state index contributed by atoms with van der Waals surface area (Å²) < 4.78 is 0. The molecule has 0 aliphatic heterocycles. The molecule has 88 valence electrons. The average molecular weight is 240 g/mol. The van der Waals surface area contributed by atoms with Crippen LogP contribution in [0.1, 0.15) is 23.8 Å². The Morgan fingerprint density at radius 3 is 2.81 bits per heavy atom. The summed E-state index contributed by atoms with van der Waals surface area (Å²) in [6.45, 7) is 2.12. The van der Waals surface area contributed by atoms with Crippen molar-refractivity contribution < 1.29 is 9.90 Å². The van der Waals surface area contributed by atoms with Gasteiger partial charge in [-0.15, -0.1) is 0 Å². The van der Waals surface area contributed by atoms with E-state index in [1.165, 1.54) is 6.07 Å². The maximum absolute atomic E-state index is 10.6. The summed E-state index contributed by atoms with van der Waals surface area (Å²) in [6.07, 6.45) is 4.66. The summed E-state index contributed by atoms with van der Waals surface area (Å²) >= 11 is 1.78. The van der Waals surface area contributed by atoms with Gasteiger partial charge in [0.1, 0.15) is 5.69 Å². The molecule has 0 radical (unpaired) electrons. The lowest BCUT2D eigenvalue weighted by Crippen LogP contribution is -2.21. The molecule has 5 heteroatoms. The number of carboxylic acid groups (broad SMARTS) is 1. The van der Waals surface area contributed by atoms with Crippen molar-refractivity contribution in [2.75, 3.05) is 17.3 Å². The van der Waals surface area contributed by atoms with Crippen molar-refractivity contribution in [3.8, 4) is 0 Å². The SMILES string of the molecule is CCC(CSC)Nc1ccc(C(=O)O)nc1. The Kier molecular flexibility index (Phi) is 5.11. The summed E-state index contributed by atoms with van der Waals surface area (Å²) in [4.78, 5) is 14.5. The first kappa shape index (κ1) is 12.8. The first-order valence-electron chi connectivity index (χ1n) is 5.12. The second-order valence-corrected chi connectivity index (χ2v) is 4.35. The molecule has 1 aromatic heterocycles. The molecule has 1 atom stereocenters. The molecular weight excluding hydrogens is 224 g/mol. The topological polar surface area (TPSA) is 62.2 Å². The number of thioether (sulfide) groups is 1. The predicted molar refractivity (Wildman–Crippen MR) is 67.3 cm³/mol. The minimum Gasteiger partial charge on any atom is -0.477 e. The number of nitrogens with zero attached hydrogens (tertiary/aromatic N) is 1. The number of aromatic carboxylic acids is 1. The Morgan fingerprint density at radius 1 is 1.62 bits per heavy atom. The average Bonchev–Trinajstić information content (AvgIpc) is 2.29. The van der Waals surface area contributed by atoms with E-state index in [0.717, 1.165) is 17.9 Å². The Balaban J connectivity index is 2.63. The third-order valence-corrected chi connectivity index (χ3v) is 2.95. The van der Waals surface area contributed by atoms with Crippen molar-refractivity contribution in [3.63, 3.8) is 0 Å². The van der Waals surface area contributed by atoms with Crippen LogP contribution in [0.25, 0.3) is 0 Å². The van der Waals surface area contributed by atoms with Gasteiger partial charge in [0.25, 0.3) is 0 Å². The number of carbonyl (C=O) groups is 1. The number of anilines is 1. The van der Waals surface area contributed by atoms with Gasteiger partial charge in [0, 0.05) is 11.8 Å². The highest BCUT2D eigenvalue weighted by molar-refractivity contribution is 7.98. The van der Waals surface area contributed by atoms with Crippen LogP contribution >= 0.6 is 11.8 Å². The van der Waals surface area contributed by atoms with Crippen LogP contribution in [0.3, 0.4) is 0 Å². The molecule has 1 unspecified atom stereocenters. The largest absolute Gasteiger partial charge is 0.477 e. The molecule has 0 bridgehead atoms. The van der Waals surface area contributed by atoms with Gasteiger partial charge in [-0.05, 0) is 24.8 Å². The van der Waals surface area contributed by atoms with E-state index < -0.39 is 5.97 Å². The molecule has 1 heterocycles. The van der Waals surface area contributed by atoms with Gasteiger partial charge in [0.05, 0.1) is 11.9 Å². The maximum atomic E-state index is 10.6. The lowest BCUT2D eigenvalue weighted by atomic mass is 10.2. The first-order chi connectivity index (χ1) is 7.67. The van der Waals surface area contributed by atoms with Crippen molar-refractivity contribution in [3.05, 3.63) is 24.0 Å². The van der Waals surface area contributed by atoms with Gasteiger partial charge in [0.2, 0.25) is 0 Å². The van der Waals surface area contributed by atoms with Crippen LogP contribution in [0.5, 0.6) is 0 Å².